The number of aliphatic hydroxyl groups is 2. The Hall–Kier alpha value is -2.58. The van der Waals surface area contributed by atoms with Crippen molar-refractivity contribution in [2.45, 2.75) is 45.6 Å². The van der Waals surface area contributed by atoms with Crippen LogP contribution < -0.4 is 0 Å². The predicted octanol–water partition coefficient (Wildman–Crippen LogP) is 1.73. The molecule has 8 heteroatoms. The molecule has 0 bridgehead atoms. The molecule has 8 nitrogen and oxygen atoms in total. The number of allylic oxidation sites excluding steroid dienone is 4. The SMILES string of the molecule is CC1(C)OC(=O)C(C=CC=CC=C2C(=O)OC(C)(C)OC2O)=C(O)O1. The molecule has 0 radical (unpaired) electrons. The van der Waals surface area contributed by atoms with Crippen LogP contribution in [0.5, 0.6) is 0 Å². The molecule has 2 aliphatic rings. The number of hydrogen-bond donors (Lipinski definition) is 2. The number of esters is 2. The summed E-state index contributed by atoms with van der Waals surface area (Å²) in [7, 11) is 0. The largest absolute Gasteiger partial charge is 0.480 e. The molecule has 25 heavy (non-hydrogen) atoms. The normalized spacial score (nSPS) is 27.6. The summed E-state index contributed by atoms with van der Waals surface area (Å²) in [5, 5.41) is 19.5. The van der Waals surface area contributed by atoms with Gasteiger partial charge in [0, 0.05) is 27.7 Å². The van der Waals surface area contributed by atoms with Gasteiger partial charge < -0.3 is 29.2 Å². The van der Waals surface area contributed by atoms with Gasteiger partial charge in [-0.05, 0) is 12.2 Å². The van der Waals surface area contributed by atoms with Gasteiger partial charge in [0.05, 0.1) is 5.57 Å². The van der Waals surface area contributed by atoms with Crippen molar-refractivity contribution in [2.24, 2.45) is 0 Å². The Morgan fingerprint density at radius 1 is 0.920 bits per heavy atom. The van der Waals surface area contributed by atoms with Gasteiger partial charge in [-0.2, -0.15) is 0 Å². The number of aliphatic hydroxyl groups excluding tert-OH is 2. The number of hydrogen-bond acceptors (Lipinski definition) is 8. The zero-order valence-corrected chi connectivity index (χ0v) is 14.3. The van der Waals surface area contributed by atoms with Crippen molar-refractivity contribution in [3.05, 3.63) is 47.5 Å². The summed E-state index contributed by atoms with van der Waals surface area (Å²) in [6.07, 6.45) is 5.54. The smallest absolute Gasteiger partial charge is 0.348 e. The van der Waals surface area contributed by atoms with Gasteiger partial charge in [-0.25, -0.2) is 9.59 Å². The molecule has 0 aromatic heterocycles. The first-order valence-electron chi connectivity index (χ1n) is 7.50. The highest BCUT2D eigenvalue weighted by Crippen LogP contribution is 2.26. The van der Waals surface area contributed by atoms with E-state index in [1.807, 2.05) is 0 Å². The highest BCUT2D eigenvalue weighted by atomic mass is 16.8. The van der Waals surface area contributed by atoms with Crippen LogP contribution in [-0.4, -0.2) is 40.0 Å². The average Bonchev–Trinajstić information content (AvgIpc) is 2.40. The molecular formula is C17H20O8. The lowest BCUT2D eigenvalue weighted by Crippen LogP contribution is -2.44. The van der Waals surface area contributed by atoms with Crippen molar-refractivity contribution < 1.29 is 38.7 Å². The molecule has 0 saturated carbocycles. The molecule has 2 N–H and O–H groups in total. The molecule has 0 aromatic carbocycles. The second-order valence-electron chi connectivity index (χ2n) is 6.24. The standard InChI is InChI=1S/C17H20O8/c1-16(2)22-12(18)10(13(19)23-16)8-6-5-7-9-11-14(20)24-17(3,4)25-15(11)21/h5-9,12,18,20H,1-4H3. The lowest BCUT2D eigenvalue weighted by molar-refractivity contribution is -0.279. The Kier molecular flexibility index (Phi) is 5.05. The first-order chi connectivity index (χ1) is 11.5. The maximum absolute atomic E-state index is 11.8. The van der Waals surface area contributed by atoms with Crippen molar-refractivity contribution in [1.29, 1.82) is 0 Å². The van der Waals surface area contributed by atoms with E-state index in [1.54, 1.807) is 0 Å². The third kappa shape index (κ3) is 4.71. The van der Waals surface area contributed by atoms with Crippen LogP contribution in [0.2, 0.25) is 0 Å². The molecule has 1 fully saturated rings. The maximum atomic E-state index is 11.8. The number of carbonyl (C=O) groups is 2. The van der Waals surface area contributed by atoms with Crippen LogP contribution in [-0.2, 0) is 28.5 Å². The Labute approximate surface area is 144 Å². The fourth-order valence-electron chi connectivity index (χ4n) is 2.08. The molecular weight excluding hydrogens is 332 g/mol. The Balaban J connectivity index is 2.05. The van der Waals surface area contributed by atoms with E-state index in [2.05, 4.69) is 0 Å². The maximum Gasteiger partial charge on any atom is 0.348 e. The zero-order chi connectivity index (χ0) is 18.8. The van der Waals surface area contributed by atoms with Gasteiger partial charge in [0.2, 0.25) is 5.79 Å². The van der Waals surface area contributed by atoms with Crippen molar-refractivity contribution in [2.75, 3.05) is 0 Å². The molecule has 2 aliphatic heterocycles. The summed E-state index contributed by atoms with van der Waals surface area (Å²) in [6, 6.07) is 0. The van der Waals surface area contributed by atoms with E-state index in [0.29, 0.717) is 0 Å². The van der Waals surface area contributed by atoms with E-state index in [4.69, 9.17) is 18.9 Å². The Bertz CT molecular complexity index is 693. The van der Waals surface area contributed by atoms with Gasteiger partial charge in [-0.1, -0.05) is 18.2 Å². The van der Waals surface area contributed by atoms with Crippen LogP contribution in [0.1, 0.15) is 27.7 Å². The Morgan fingerprint density at radius 3 is 2.16 bits per heavy atom. The topological polar surface area (TPSA) is 112 Å². The van der Waals surface area contributed by atoms with Gasteiger partial charge >= 0.3 is 11.9 Å². The number of carbonyl (C=O) groups excluding carboxylic acids is 2. The second kappa shape index (κ2) is 6.73. The van der Waals surface area contributed by atoms with E-state index in [0.717, 1.165) is 0 Å². The summed E-state index contributed by atoms with van der Waals surface area (Å²) in [6.45, 7) is 6.00. The minimum absolute atomic E-state index is 0.0619. The first-order valence-corrected chi connectivity index (χ1v) is 7.50. The third-order valence-corrected chi connectivity index (χ3v) is 3.13. The highest BCUT2D eigenvalue weighted by molar-refractivity contribution is 5.92. The molecule has 136 valence electrons. The van der Waals surface area contributed by atoms with Gasteiger partial charge in [0.25, 0.3) is 11.7 Å². The van der Waals surface area contributed by atoms with E-state index in [1.165, 1.54) is 58.1 Å². The number of ether oxygens (including phenoxy) is 4. The molecule has 1 saturated heterocycles. The summed E-state index contributed by atoms with van der Waals surface area (Å²) in [4.78, 5) is 23.5. The first kappa shape index (κ1) is 18.8. The lowest BCUT2D eigenvalue weighted by Gasteiger charge is -2.33. The van der Waals surface area contributed by atoms with Gasteiger partial charge in [0.1, 0.15) is 5.57 Å². The van der Waals surface area contributed by atoms with Crippen LogP contribution in [0.3, 0.4) is 0 Å². The van der Waals surface area contributed by atoms with Crippen molar-refractivity contribution in [3.63, 3.8) is 0 Å². The third-order valence-electron chi connectivity index (χ3n) is 3.13. The molecule has 1 unspecified atom stereocenters. The number of rotatable bonds is 3. The van der Waals surface area contributed by atoms with Crippen LogP contribution in [0.25, 0.3) is 0 Å². The molecule has 2 heterocycles. The van der Waals surface area contributed by atoms with Crippen LogP contribution in [0.4, 0.5) is 0 Å². The van der Waals surface area contributed by atoms with E-state index in [-0.39, 0.29) is 11.1 Å². The molecule has 2 rings (SSSR count). The van der Waals surface area contributed by atoms with E-state index < -0.39 is 35.7 Å². The summed E-state index contributed by atoms with van der Waals surface area (Å²) in [5.74, 6) is -4.38. The van der Waals surface area contributed by atoms with Crippen LogP contribution >= 0.6 is 0 Å². The van der Waals surface area contributed by atoms with Gasteiger partial charge in [-0.3, -0.25) is 0 Å². The van der Waals surface area contributed by atoms with Gasteiger partial charge in [-0.15, -0.1) is 0 Å². The minimum Gasteiger partial charge on any atom is -0.480 e. The molecule has 0 spiro atoms. The fourth-order valence-corrected chi connectivity index (χ4v) is 2.08. The lowest BCUT2D eigenvalue weighted by atomic mass is 10.2. The average molecular weight is 352 g/mol. The van der Waals surface area contributed by atoms with Crippen LogP contribution in [0, 0.1) is 0 Å². The van der Waals surface area contributed by atoms with Crippen molar-refractivity contribution in [3.8, 4) is 0 Å². The summed E-state index contributed by atoms with van der Waals surface area (Å²) in [5.41, 5.74) is -0.202. The number of cyclic esters (lactones) is 2. The molecule has 1 atom stereocenters. The van der Waals surface area contributed by atoms with Gasteiger partial charge in [0.15, 0.2) is 6.29 Å². The van der Waals surface area contributed by atoms with E-state index in [9.17, 15) is 19.8 Å². The second-order valence-corrected chi connectivity index (χ2v) is 6.24. The monoisotopic (exact) mass is 352 g/mol. The van der Waals surface area contributed by atoms with Crippen LogP contribution in [0.15, 0.2) is 47.5 Å². The zero-order valence-electron chi connectivity index (χ0n) is 14.3. The molecule has 0 aromatic rings. The Morgan fingerprint density at radius 2 is 1.56 bits per heavy atom. The quantitative estimate of drug-likeness (QED) is 0.449. The van der Waals surface area contributed by atoms with Crippen molar-refractivity contribution >= 4 is 11.9 Å². The fraction of sp³-hybridized carbons (Fsp3) is 0.412. The molecule has 0 aliphatic carbocycles. The van der Waals surface area contributed by atoms with E-state index >= 15 is 0 Å². The molecule has 0 amide bonds. The minimum atomic E-state index is -1.40. The van der Waals surface area contributed by atoms with Crippen molar-refractivity contribution in [1.82, 2.24) is 0 Å². The highest BCUT2D eigenvalue weighted by Gasteiger charge is 2.38. The predicted molar refractivity (Wildman–Crippen MR) is 84.5 cm³/mol. The summed E-state index contributed by atoms with van der Waals surface area (Å²) < 4.78 is 20.2. The summed E-state index contributed by atoms with van der Waals surface area (Å²) >= 11 is 0.